The van der Waals surface area contributed by atoms with Gasteiger partial charge in [0.05, 0.1) is 5.75 Å². The Morgan fingerprint density at radius 1 is 1.19 bits per heavy atom. The minimum Gasteiger partial charge on any atom is -0.314 e. The van der Waals surface area contributed by atoms with Crippen molar-refractivity contribution in [3.8, 4) is 0 Å². The van der Waals surface area contributed by atoms with E-state index in [4.69, 9.17) is 0 Å². The number of rotatable bonds is 6. The minimum atomic E-state index is -3.43. The smallest absolute Gasteiger partial charge is 0.213 e. The summed E-state index contributed by atoms with van der Waals surface area (Å²) in [4.78, 5) is 2.08. The molecular formula is C13H19F2N3O2S. The fraction of sp³-hybridized carbons (Fsp3) is 0.538. The van der Waals surface area contributed by atoms with Gasteiger partial charge in [0.1, 0.15) is 0 Å². The Balaban J connectivity index is 1.81. The first-order valence-electron chi connectivity index (χ1n) is 6.81. The molecule has 1 saturated heterocycles. The highest BCUT2D eigenvalue weighted by Gasteiger charge is 2.15. The van der Waals surface area contributed by atoms with E-state index in [0.717, 1.165) is 38.3 Å². The summed E-state index contributed by atoms with van der Waals surface area (Å²) in [5, 5.41) is 3.20. The molecule has 0 radical (unpaired) electrons. The molecule has 0 unspecified atom stereocenters. The number of hydrogen-bond acceptors (Lipinski definition) is 4. The van der Waals surface area contributed by atoms with Gasteiger partial charge in [-0.05, 0) is 17.7 Å². The fourth-order valence-corrected chi connectivity index (χ4v) is 3.13. The van der Waals surface area contributed by atoms with Crippen LogP contribution >= 0.6 is 0 Å². The molecule has 0 bridgehead atoms. The SMILES string of the molecule is O=S(=O)(CCN1CCNCC1)NCc1ccc(F)c(F)c1. The number of hydrogen-bond donors (Lipinski definition) is 2. The highest BCUT2D eigenvalue weighted by Crippen LogP contribution is 2.08. The van der Waals surface area contributed by atoms with Crippen molar-refractivity contribution < 1.29 is 17.2 Å². The molecule has 0 aliphatic carbocycles. The van der Waals surface area contributed by atoms with Gasteiger partial charge in [-0.1, -0.05) is 6.07 Å². The summed E-state index contributed by atoms with van der Waals surface area (Å²) in [5.41, 5.74) is 0.389. The molecule has 1 fully saturated rings. The van der Waals surface area contributed by atoms with Crippen molar-refractivity contribution in [2.45, 2.75) is 6.54 Å². The lowest BCUT2D eigenvalue weighted by Crippen LogP contribution is -2.45. The summed E-state index contributed by atoms with van der Waals surface area (Å²) < 4.78 is 52.0. The van der Waals surface area contributed by atoms with Gasteiger partial charge < -0.3 is 5.32 Å². The zero-order valence-corrected chi connectivity index (χ0v) is 12.4. The predicted molar refractivity (Wildman–Crippen MR) is 76.3 cm³/mol. The third kappa shape index (κ3) is 5.31. The maximum atomic E-state index is 13.0. The molecule has 0 atom stereocenters. The van der Waals surface area contributed by atoms with E-state index in [2.05, 4.69) is 14.9 Å². The highest BCUT2D eigenvalue weighted by molar-refractivity contribution is 7.89. The maximum absolute atomic E-state index is 13.0. The van der Waals surface area contributed by atoms with E-state index in [0.29, 0.717) is 12.1 Å². The standard InChI is InChI=1S/C13H19F2N3O2S/c14-12-2-1-11(9-13(12)15)10-17-21(19,20)8-7-18-5-3-16-4-6-18/h1-2,9,16-17H,3-8,10H2. The molecule has 1 aliphatic heterocycles. The maximum Gasteiger partial charge on any atom is 0.213 e. The Bertz CT molecular complexity index is 575. The molecule has 8 heteroatoms. The number of benzene rings is 1. The average Bonchev–Trinajstić information content (AvgIpc) is 2.48. The zero-order chi connectivity index (χ0) is 15.3. The monoisotopic (exact) mass is 319 g/mol. The highest BCUT2D eigenvalue weighted by atomic mass is 32.2. The summed E-state index contributed by atoms with van der Waals surface area (Å²) in [6, 6.07) is 3.34. The second-order valence-electron chi connectivity index (χ2n) is 4.98. The van der Waals surface area contributed by atoms with Crippen molar-refractivity contribution in [3.63, 3.8) is 0 Å². The van der Waals surface area contributed by atoms with Crippen molar-refractivity contribution in [1.29, 1.82) is 0 Å². The first-order valence-corrected chi connectivity index (χ1v) is 8.46. The van der Waals surface area contributed by atoms with E-state index in [9.17, 15) is 17.2 Å². The van der Waals surface area contributed by atoms with Gasteiger partial charge in [-0.3, -0.25) is 4.90 Å². The van der Waals surface area contributed by atoms with Gasteiger partial charge in [-0.2, -0.15) is 0 Å². The Labute approximate surface area is 123 Å². The van der Waals surface area contributed by atoms with Crippen molar-refractivity contribution in [1.82, 2.24) is 14.9 Å². The first-order chi connectivity index (χ1) is 9.96. The largest absolute Gasteiger partial charge is 0.314 e. The van der Waals surface area contributed by atoms with Crippen LogP contribution in [0.1, 0.15) is 5.56 Å². The molecule has 2 rings (SSSR count). The molecule has 1 aliphatic rings. The van der Waals surface area contributed by atoms with Crippen LogP contribution in [-0.2, 0) is 16.6 Å². The van der Waals surface area contributed by atoms with Gasteiger partial charge in [-0.15, -0.1) is 0 Å². The quantitative estimate of drug-likeness (QED) is 0.791. The third-order valence-electron chi connectivity index (χ3n) is 3.37. The van der Waals surface area contributed by atoms with Gasteiger partial charge in [-0.25, -0.2) is 21.9 Å². The molecular weight excluding hydrogens is 300 g/mol. The van der Waals surface area contributed by atoms with Crippen molar-refractivity contribution in [2.75, 3.05) is 38.5 Å². The summed E-state index contributed by atoms with van der Waals surface area (Å²) in [6.45, 7) is 3.82. The molecule has 1 aromatic rings. The third-order valence-corrected chi connectivity index (χ3v) is 4.67. The molecule has 0 amide bonds. The molecule has 0 spiro atoms. The normalized spacial score (nSPS) is 17.0. The Hall–Kier alpha value is -1.09. The van der Waals surface area contributed by atoms with Crippen LogP contribution in [0.25, 0.3) is 0 Å². The molecule has 0 aromatic heterocycles. The second-order valence-corrected chi connectivity index (χ2v) is 6.91. The van der Waals surface area contributed by atoms with E-state index in [-0.39, 0.29) is 12.3 Å². The zero-order valence-electron chi connectivity index (χ0n) is 11.6. The molecule has 0 saturated carbocycles. The van der Waals surface area contributed by atoms with Crippen LogP contribution in [0.5, 0.6) is 0 Å². The number of piperazine rings is 1. The summed E-state index contributed by atoms with van der Waals surface area (Å²) >= 11 is 0. The fourth-order valence-electron chi connectivity index (χ4n) is 2.10. The average molecular weight is 319 g/mol. The first kappa shape index (κ1) is 16.3. The van der Waals surface area contributed by atoms with Gasteiger partial charge >= 0.3 is 0 Å². The van der Waals surface area contributed by atoms with Crippen LogP contribution < -0.4 is 10.0 Å². The summed E-state index contributed by atoms with van der Waals surface area (Å²) in [7, 11) is -3.43. The van der Waals surface area contributed by atoms with Crippen LogP contribution in [0.2, 0.25) is 0 Å². The van der Waals surface area contributed by atoms with Crippen molar-refractivity contribution in [2.24, 2.45) is 0 Å². The van der Waals surface area contributed by atoms with Crippen LogP contribution in [0.15, 0.2) is 18.2 Å². The van der Waals surface area contributed by atoms with Gasteiger partial charge in [0, 0.05) is 39.3 Å². The van der Waals surface area contributed by atoms with Crippen molar-refractivity contribution in [3.05, 3.63) is 35.4 Å². The van der Waals surface area contributed by atoms with Gasteiger partial charge in [0.2, 0.25) is 10.0 Å². The lowest BCUT2D eigenvalue weighted by molar-refractivity contribution is 0.253. The molecule has 1 heterocycles. The van der Waals surface area contributed by atoms with Crippen LogP contribution in [0.3, 0.4) is 0 Å². The van der Waals surface area contributed by atoms with E-state index in [1.54, 1.807) is 0 Å². The predicted octanol–water partition coefficient (Wildman–Crippen LogP) is 0.289. The van der Waals surface area contributed by atoms with Crippen molar-refractivity contribution >= 4 is 10.0 Å². The summed E-state index contributed by atoms with van der Waals surface area (Å²) in [5.74, 6) is -1.93. The number of halogens is 2. The molecule has 2 N–H and O–H groups in total. The van der Waals surface area contributed by atoms with Gasteiger partial charge in [0.15, 0.2) is 11.6 Å². The lowest BCUT2D eigenvalue weighted by atomic mass is 10.2. The van der Waals surface area contributed by atoms with Crippen LogP contribution in [0, 0.1) is 11.6 Å². The Kier molecular flexibility index (Phi) is 5.63. The van der Waals surface area contributed by atoms with Gasteiger partial charge in [0.25, 0.3) is 0 Å². The lowest BCUT2D eigenvalue weighted by Gasteiger charge is -2.26. The number of nitrogens with zero attached hydrogens (tertiary/aromatic N) is 1. The van der Waals surface area contributed by atoms with Crippen LogP contribution in [-0.4, -0.2) is 51.8 Å². The minimum absolute atomic E-state index is 0.00330. The topological polar surface area (TPSA) is 61.4 Å². The van der Waals surface area contributed by atoms with E-state index < -0.39 is 21.7 Å². The number of nitrogens with one attached hydrogen (secondary N) is 2. The second kappa shape index (κ2) is 7.26. The van der Waals surface area contributed by atoms with E-state index in [1.807, 2.05) is 0 Å². The molecule has 5 nitrogen and oxygen atoms in total. The molecule has 1 aromatic carbocycles. The number of sulfonamides is 1. The van der Waals surface area contributed by atoms with E-state index in [1.165, 1.54) is 6.07 Å². The molecule has 21 heavy (non-hydrogen) atoms. The Morgan fingerprint density at radius 3 is 2.57 bits per heavy atom. The van der Waals surface area contributed by atoms with Crippen LogP contribution in [0.4, 0.5) is 8.78 Å². The summed E-state index contributed by atoms with van der Waals surface area (Å²) in [6.07, 6.45) is 0. The Morgan fingerprint density at radius 2 is 1.90 bits per heavy atom. The van der Waals surface area contributed by atoms with E-state index >= 15 is 0 Å². The molecule has 118 valence electrons.